The molecular formula is C15H22O4. The number of rotatable bonds is 10. The molecule has 0 aliphatic carbocycles. The van der Waals surface area contributed by atoms with Crippen LogP contribution in [-0.2, 0) is 20.8 Å². The Kier molecular flexibility index (Phi) is 7.89. The van der Waals surface area contributed by atoms with Gasteiger partial charge >= 0.3 is 0 Å². The third kappa shape index (κ3) is 6.96. The maximum atomic E-state index is 5.58. The Balaban J connectivity index is 2.13. The van der Waals surface area contributed by atoms with Gasteiger partial charge in [0.25, 0.3) is 0 Å². The zero-order valence-electron chi connectivity index (χ0n) is 11.7. The zero-order chi connectivity index (χ0) is 13.9. The normalized spacial score (nSPS) is 10.4. The minimum absolute atomic E-state index is 0.319. The third-order valence-corrected chi connectivity index (χ3v) is 2.54. The molecule has 0 amide bonds. The molecule has 0 bridgehead atoms. The fourth-order valence-corrected chi connectivity index (χ4v) is 1.47. The molecule has 4 nitrogen and oxygen atoms in total. The highest BCUT2D eigenvalue weighted by Gasteiger charge is 1.98. The maximum absolute atomic E-state index is 5.58. The zero-order valence-corrected chi connectivity index (χ0v) is 11.7. The first-order valence-electron chi connectivity index (χ1n) is 6.20. The Labute approximate surface area is 114 Å². The van der Waals surface area contributed by atoms with E-state index >= 15 is 0 Å². The van der Waals surface area contributed by atoms with Crippen LogP contribution in [0.4, 0.5) is 0 Å². The van der Waals surface area contributed by atoms with Crippen molar-refractivity contribution < 1.29 is 18.9 Å². The number of methoxy groups -OCH3 is 2. The molecule has 1 aromatic carbocycles. The van der Waals surface area contributed by atoms with Crippen molar-refractivity contribution in [1.82, 2.24) is 0 Å². The first kappa shape index (κ1) is 15.7. The molecule has 0 aliphatic rings. The summed E-state index contributed by atoms with van der Waals surface area (Å²) in [7, 11) is 3.26. The highest BCUT2D eigenvalue weighted by atomic mass is 16.7. The molecule has 1 aromatic rings. The summed E-state index contributed by atoms with van der Waals surface area (Å²) in [5, 5.41) is 0. The number of hydrogen-bond acceptors (Lipinski definition) is 4. The summed E-state index contributed by atoms with van der Waals surface area (Å²) >= 11 is 0. The number of ether oxygens (including phenoxy) is 4. The quantitative estimate of drug-likeness (QED) is 0.371. The molecule has 0 aliphatic heterocycles. The van der Waals surface area contributed by atoms with Gasteiger partial charge in [-0.05, 0) is 29.7 Å². The lowest BCUT2D eigenvalue weighted by molar-refractivity contribution is -0.0298. The van der Waals surface area contributed by atoms with Crippen molar-refractivity contribution in [2.45, 2.75) is 13.0 Å². The summed E-state index contributed by atoms with van der Waals surface area (Å²) in [5.74, 6) is 0.850. The molecule has 0 saturated carbocycles. The maximum Gasteiger partial charge on any atom is 0.146 e. The van der Waals surface area contributed by atoms with Crippen LogP contribution < -0.4 is 4.74 Å². The summed E-state index contributed by atoms with van der Waals surface area (Å²) in [6, 6.07) is 7.82. The largest absolute Gasteiger partial charge is 0.497 e. The highest BCUT2D eigenvalue weighted by molar-refractivity contribution is 5.26. The van der Waals surface area contributed by atoms with Crippen molar-refractivity contribution in [2.75, 3.05) is 34.2 Å². The van der Waals surface area contributed by atoms with Gasteiger partial charge in [0.1, 0.15) is 12.5 Å². The smallest absolute Gasteiger partial charge is 0.146 e. The van der Waals surface area contributed by atoms with Crippen LogP contribution in [0.2, 0.25) is 0 Å². The monoisotopic (exact) mass is 266 g/mol. The van der Waals surface area contributed by atoms with Crippen LogP contribution in [0.25, 0.3) is 0 Å². The van der Waals surface area contributed by atoms with Gasteiger partial charge in [-0.1, -0.05) is 18.7 Å². The molecule has 0 atom stereocenters. The van der Waals surface area contributed by atoms with Crippen molar-refractivity contribution in [2.24, 2.45) is 0 Å². The van der Waals surface area contributed by atoms with Crippen LogP contribution in [0.15, 0.2) is 36.4 Å². The van der Waals surface area contributed by atoms with Crippen LogP contribution in [0, 0.1) is 0 Å². The molecule has 0 radical (unpaired) electrons. The Morgan fingerprint density at radius 1 is 1.11 bits per heavy atom. The molecule has 4 heteroatoms. The molecule has 0 fully saturated rings. The minimum Gasteiger partial charge on any atom is -0.497 e. The predicted octanol–water partition coefficient (Wildman–Crippen LogP) is 2.78. The molecule has 1 rings (SSSR count). The van der Waals surface area contributed by atoms with Crippen molar-refractivity contribution in [3.63, 3.8) is 0 Å². The fourth-order valence-electron chi connectivity index (χ4n) is 1.47. The molecule has 0 N–H and O–H groups in total. The predicted molar refractivity (Wildman–Crippen MR) is 74.2 cm³/mol. The topological polar surface area (TPSA) is 36.9 Å². The SMILES string of the molecule is C=C(CCOCOC)COCc1ccc(OC)cc1. The number of hydrogen-bond donors (Lipinski definition) is 0. The van der Waals surface area contributed by atoms with Gasteiger partial charge in [0.15, 0.2) is 0 Å². The Bertz CT molecular complexity index is 359. The molecule has 0 heterocycles. The highest BCUT2D eigenvalue weighted by Crippen LogP contribution is 2.12. The van der Waals surface area contributed by atoms with E-state index in [0.29, 0.717) is 26.6 Å². The van der Waals surface area contributed by atoms with Crippen LogP contribution in [0.3, 0.4) is 0 Å². The van der Waals surface area contributed by atoms with E-state index in [9.17, 15) is 0 Å². The average molecular weight is 266 g/mol. The van der Waals surface area contributed by atoms with Crippen molar-refractivity contribution in [1.29, 1.82) is 0 Å². The first-order chi connectivity index (χ1) is 9.26. The Hall–Kier alpha value is -1.36. The second kappa shape index (κ2) is 9.55. The van der Waals surface area contributed by atoms with E-state index in [1.807, 2.05) is 24.3 Å². The van der Waals surface area contributed by atoms with Gasteiger partial charge in [0, 0.05) is 7.11 Å². The number of benzene rings is 1. The van der Waals surface area contributed by atoms with Crippen LogP contribution in [0.1, 0.15) is 12.0 Å². The first-order valence-corrected chi connectivity index (χ1v) is 6.20. The van der Waals surface area contributed by atoms with E-state index in [0.717, 1.165) is 23.3 Å². The van der Waals surface area contributed by atoms with E-state index in [1.54, 1.807) is 14.2 Å². The van der Waals surface area contributed by atoms with Crippen molar-refractivity contribution in [3.05, 3.63) is 42.0 Å². The molecular weight excluding hydrogens is 244 g/mol. The summed E-state index contributed by atoms with van der Waals surface area (Å²) in [6.45, 7) is 5.99. The standard InChI is InChI=1S/C15H22O4/c1-13(8-9-18-12-16-2)10-19-11-14-4-6-15(17-3)7-5-14/h4-7H,1,8-12H2,2-3H3. The summed E-state index contributed by atoms with van der Waals surface area (Å²) in [6.07, 6.45) is 0.784. The second-order valence-electron chi connectivity index (χ2n) is 4.16. The van der Waals surface area contributed by atoms with Gasteiger partial charge in [-0.15, -0.1) is 0 Å². The molecule has 0 aromatic heterocycles. The van der Waals surface area contributed by atoms with Gasteiger partial charge in [-0.25, -0.2) is 0 Å². The minimum atomic E-state index is 0.319. The van der Waals surface area contributed by atoms with Gasteiger partial charge < -0.3 is 18.9 Å². The molecule has 0 saturated heterocycles. The Morgan fingerprint density at radius 3 is 2.47 bits per heavy atom. The van der Waals surface area contributed by atoms with Gasteiger partial charge in [-0.2, -0.15) is 0 Å². The molecule has 0 spiro atoms. The summed E-state index contributed by atoms with van der Waals surface area (Å²) in [5.41, 5.74) is 2.13. The van der Waals surface area contributed by atoms with E-state index in [1.165, 1.54) is 0 Å². The van der Waals surface area contributed by atoms with Crippen LogP contribution in [0.5, 0.6) is 5.75 Å². The van der Waals surface area contributed by atoms with Gasteiger partial charge in [-0.3, -0.25) is 0 Å². The van der Waals surface area contributed by atoms with Gasteiger partial charge in [0.05, 0.1) is 26.9 Å². The van der Waals surface area contributed by atoms with Crippen LogP contribution in [-0.4, -0.2) is 34.2 Å². The lowest BCUT2D eigenvalue weighted by Gasteiger charge is -2.08. The molecule has 106 valence electrons. The van der Waals surface area contributed by atoms with Crippen molar-refractivity contribution >= 4 is 0 Å². The molecule has 19 heavy (non-hydrogen) atoms. The fraction of sp³-hybridized carbons (Fsp3) is 0.467. The van der Waals surface area contributed by atoms with E-state index in [4.69, 9.17) is 18.9 Å². The third-order valence-electron chi connectivity index (χ3n) is 2.54. The summed E-state index contributed by atoms with van der Waals surface area (Å²) in [4.78, 5) is 0. The summed E-state index contributed by atoms with van der Waals surface area (Å²) < 4.78 is 20.7. The van der Waals surface area contributed by atoms with Gasteiger partial charge in [0.2, 0.25) is 0 Å². The van der Waals surface area contributed by atoms with Crippen molar-refractivity contribution in [3.8, 4) is 5.75 Å². The van der Waals surface area contributed by atoms with Crippen LogP contribution >= 0.6 is 0 Å². The Morgan fingerprint density at radius 2 is 1.84 bits per heavy atom. The van der Waals surface area contributed by atoms with E-state index in [2.05, 4.69) is 6.58 Å². The lowest BCUT2D eigenvalue weighted by atomic mass is 10.2. The molecule has 0 unspecified atom stereocenters. The average Bonchev–Trinajstić information content (AvgIpc) is 2.44. The van der Waals surface area contributed by atoms with E-state index < -0.39 is 0 Å². The van der Waals surface area contributed by atoms with E-state index in [-0.39, 0.29) is 0 Å². The lowest BCUT2D eigenvalue weighted by Crippen LogP contribution is -2.03. The second-order valence-corrected chi connectivity index (χ2v) is 4.16.